The van der Waals surface area contributed by atoms with Gasteiger partial charge in [-0.2, -0.15) is 5.10 Å². The summed E-state index contributed by atoms with van der Waals surface area (Å²) in [4.78, 5) is 4.15. The van der Waals surface area contributed by atoms with Crippen LogP contribution in [0.3, 0.4) is 0 Å². The van der Waals surface area contributed by atoms with E-state index in [-0.39, 0.29) is 12.2 Å². The maximum absolute atomic E-state index is 13.7. The highest BCUT2D eigenvalue weighted by molar-refractivity contribution is 7.99. The minimum Gasteiger partial charge on any atom is -0.362 e. The SMILES string of the molecule is C=CCSc1ncnn1C[C@H]1O[C@@H]1c1ccc(F)cc1F. The number of hydrogen-bond acceptors (Lipinski definition) is 4. The van der Waals surface area contributed by atoms with Crippen LogP contribution in [0.4, 0.5) is 8.78 Å². The summed E-state index contributed by atoms with van der Waals surface area (Å²) in [5.41, 5.74) is 0.377. The molecule has 110 valence electrons. The van der Waals surface area contributed by atoms with Gasteiger partial charge in [-0.25, -0.2) is 18.4 Å². The molecule has 7 heteroatoms. The molecule has 0 amide bonds. The largest absolute Gasteiger partial charge is 0.362 e. The third-order valence-corrected chi connectivity index (χ3v) is 4.09. The number of rotatable bonds is 6. The molecule has 0 aliphatic carbocycles. The number of hydrogen-bond donors (Lipinski definition) is 0. The molecule has 1 saturated heterocycles. The number of ether oxygens (including phenoxy) is 1. The molecular weight excluding hydrogens is 296 g/mol. The van der Waals surface area contributed by atoms with Crippen LogP contribution in [0.15, 0.2) is 42.3 Å². The lowest BCUT2D eigenvalue weighted by Crippen LogP contribution is -2.08. The summed E-state index contributed by atoms with van der Waals surface area (Å²) in [5, 5.41) is 4.90. The van der Waals surface area contributed by atoms with E-state index < -0.39 is 11.6 Å². The van der Waals surface area contributed by atoms with Gasteiger partial charge in [0.2, 0.25) is 0 Å². The first kappa shape index (κ1) is 14.2. The van der Waals surface area contributed by atoms with Crippen molar-refractivity contribution >= 4 is 11.8 Å². The van der Waals surface area contributed by atoms with Gasteiger partial charge in [0.05, 0.1) is 6.54 Å². The normalized spacial score (nSPS) is 20.5. The predicted octanol–water partition coefficient (Wildman–Crippen LogP) is 2.97. The monoisotopic (exact) mass is 309 g/mol. The molecule has 2 atom stereocenters. The van der Waals surface area contributed by atoms with Crippen molar-refractivity contribution in [2.24, 2.45) is 0 Å². The van der Waals surface area contributed by atoms with E-state index in [9.17, 15) is 8.78 Å². The number of thioether (sulfide) groups is 1. The highest BCUT2D eigenvalue weighted by atomic mass is 32.2. The van der Waals surface area contributed by atoms with Gasteiger partial charge in [0.25, 0.3) is 0 Å². The zero-order valence-corrected chi connectivity index (χ0v) is 11.9. The Morgan fingerprint density at radius 3 is 3.05 bits per heavy atom. The minimum absolute atomic E-state index is 0.172. The Labute approximate surface area is 124 Å². The molecule has 1 aromatic heterocycles. The van der Waals surface area contributed by atoms with E-state index in [1.54, 1.807) is 10.8 Å². The van der Waals surface area contributed by atoms with E-state index in [1.807, 2.05) is 0 Å². The molecule has 0 radical (unpaired) electrons. The Kier molecular flexibility index (Phi) is 4.03. The minimum atomic E-state index is -0.590. The zero-order chi connectivity index (χ0) is 14.8. The van der Waals surface area contributed by atoms with Crippen LogP contribution in [-0.2, 0) is 11.3 Å². The first-order valence-corrected chi connectivity index (χ1v) is 7.39. The van der Waals surface area contributed by atoms with E-state index in [4.69, 9.17) is 4.74 Å². The number of aromatic nitrogens is 3. The van der Waals surface area contributed by atoms with Gasteiger partial charge in [-0.05, 0) is 6.07 Å². The fourth-order valence-electron chi connectivity index (χ4n) is 2.08. The molecule has 0 unspecified atom stereocenters. The topological polar surface area (TPSA) is 43.2 Å². The molecule has 21 heavy (non-hydrogen) atoms. The molecule has 0 bridgehead atoms. The van der Waals surface area contributed by atoms with Gasteiger partial charge in [-0.3, -0.25) is 0 Å². The quantitative estimate of drug-likeness (QED) is 0.467. The Morgan fingerprint density at radius 1 is 1.43 bits per heavy atom. The van der Waals surface area contributed by atoms with Crippen LogP contribution < -0.4 is 0 Å². The standard InChI is InChI=1S/C14H13F2N3OS/c1-2-5-21-14-17-8-18-19(14)7-12-13(20-12)10-4-3-9(15)6-11(10)16/h2-4,6,8,12-13H,1,5,7H2/t12-,13-/m1/s1. The van der Waals surface area contributed by atoms with Crippen molar-refractivity contribution < 1.29 is 13.5 Å². The molecule has 3 rings (SSSR count). The number of benzene rings is 1. The van der Waals surface area contributed by atoms with Crippen LogP contribution in [0, 0.1) is 11.6 Å². The Hall–Kier alpha value is -1.73. The molecule has 1 aromatic carbocycles. The number of nitrogens with zero attached hydrogens (tertiary/aromatic N) is 3. The first-order valence-electron chi connectivity index (χ1n) is 6.41. The lowest BCUT2D eigenvalue weighted by molar-refractivity contribution is 0.342. The highest BCUT2D eigenvalue weighted by Crippen LogP contribution is 2.41. The lowest BCUT2D eigenvalue weighted by atomic mass is 10.1. The summed E-state index contributed by atoms with van der Waals surface area (Å²) in [6.45, 7) is 4.14. The molecule has 2 aromatic rings. The number of epoxide rings is 1. The second kappa shape index (κ2) is 5.95. The second-order valence-corrected chi connectivity index (χ2v) is 5.57. The molecule has 2 heterocycles. The Bertz CT molecular complexity index is 661. The maximum atomic E-state index is 13.7. The molecule has 4 nitrogen and oxygen atoms in total. The third-order valence-electron chi connectivity index (χ3n) is 3.11. The molecule has 1 fully saturated rings. The predicted molar refractivity (Wildman–Crippen MR) is 74.9 cm³/mol. The fourth-order valence-corrected chi connectivity index (χ4v) is 2.74. The van der Waals surface area contributed by atoms with E-state index in [0.717, 1.165) is 17.0 Å². The van der Waals surface area contributed by atoms with Crippen molar-refractivity contribution in [1.29, 1.82) is 0 Å². The van der Waals surface area contributed by atoms with E-state index >= 15 is 0 Å². The fraction of sp³-hybridized carbons (Fsp3) is 0.286. The van der Waals surface area contributed by atoms with E-state index in [2.05, 4.69) is 16.7 Å². The molecular formula is C14H13F2N3OS. The van der Waals surface area contributed by atoms with Crippen LogP contribution in [0.25, 0.3) is 0 Å². The number of halogens is 2. The molecule has 1 aliphatic heterocycles. The lowest BCUT2D eigenvalue weighted by Gasteiger charge is -2.02. The van der Waals surface area contributed by atoms with Crippen LogP contribution in [0.1, 0.15) is 11.7 Å². The first-order chi connectivity index (χ1) is 10.2. The van der Waals surface area contributed by atoms with Crippen molar-refractivity contribution in [1.82, 2.24) is 14.8 Å². The summed E-state index contributed by atoms with van der Waals surface area (Å²) >= 11 is 1.52. The molecule has 0 N–H and O–H groups in total. The van der Waals surface area contributed by atoms with Crippen molar-refractivity contribution in [2.45, 2.75) is 23.9 Å². The summed E-state index contributed by atoms with van der Waals surface area (Å²) in [7, 11) is 0. The van der Waals surface area contributed by atoms with Gasteiger partial charge < -0.3 is 4.74 Å². The van der Waals surface area contributed by atoms with E-state index in [1.165, 1.54) is 30.2 Å². The zero-order valence-electron chi connectivity index (χ0n) is 11.1. The molecule has 0 saturated carbocycles. The van der Waals surface area contributed by atoms with Crippen LogP contribution >= 0.6 is 11.8 Å². The highest BCUT2D eigenvalue weighted by Gasteiger charge is 2.42. The van der Waals surface area contributed by atoms with Gasteiger partial charge in [-0.15, -0.1) is 6.58 Å². The van der Waals surface area contributed by atoms with Crippen molar-refractivity contribution in [3.05, 3.63) is 54.4 Å². The van der Waals surface area contributed by atoms with Crippen LogP contribution in [0.2, 0.25) is 0 Å². The van der Waals surface area contributed by atoms with Gasteiger partial charge in [0, 0.05) is 17.4 Å². The van der Waals surface area contributed by atoms with Crippen molar-refractivity contribution in [3.63, 3.8) is 0 Å². The molecule has 1 aliphatic rings. The second-order valence-electron chi connectivity index (χ2n) is 4.59. The average molecular weight is 309 g/mol. The summed E-state index contributed by atoms with van der Waals surface area (Å²) in [6.07, 6.45) is 2.73. The van der Waals surface area contributed by atoms with Crippen molar-refractivity contribution in [3.8, 4) is 0 Å². The van der Waals surface area contributed by atoms with Gasteiger partial charge in [0.1, 0.15) is 30.2 Å². The Morgan fingerprint density at radius 2 is 2.29 bits per heavy atom. The average Bonchev–Trinajstić information content (AvgIpc) is 3.06. The smallest absolute Gasteiger partial charge is 0.186 e. The van der Waals surface area contributed by atoms with Crippen LogP contribution in [-0.4, -0.2) is 26.6 Å². The summed E-state index contributed by atoms with van der Waals surface area (Å²) in [6, 6.07) is 3.52. The van der Waals surface area contributed by atoms with Crippen molar-refractivity contribution in [2.75, 3.05) is 5.75 Å². The maximum Gasteiger partial charge on any atom is 0.186 e. The summed E-state index contributed by atoms with van der Waals surface area (Å²) in [5.74, 6) is -0.435. The summed E-state index contributed by atoms with van der Waals surface area (Å²) < 4.78 is 33.8. The van der Waals surface area contributed by atoms with Gasteiger partial charge in [-0.1, -0.05) is 23.9 Å². The van der Waals surface area contributed by atoms with E-state index in [0.29, 0.717) is 12.1 Å². The van der Waals surface area contributed by atoms with Gasteiger partial charge in [0.15, 0.2) is 5.16 Å². The van der Waals surface area contributed by atoms with Crippen LogP contribution in [0.5, 0.6) is 0 Å². The molecule has 0 spiro atoms. The van der Waals surface area contributed by atoms with Gasteiger partial charge >= 0.3 is 0 Å². The Balaban J connectivity index is 1.66. The third kappa shape index (κ3) is 3.14.